The van der Waals surface area contributed by atoms with Crippen molar-refractivity contribution < 1.29 is 4.74 Å². The zero-order valence-electron chi connectivity index (χ0n) is 18.5. The maximum Gasteiger partial charge on any atom is 0.153 e. The Morgan fingerprint density at radius 3 is 1.35 bits per heavy atom. The van der Waals surface area contributed by atoms with Crippen LogP contribution in [-0.2, 0) is 0 Å². The van der Waals surface area contributed by atoms with Crippen molar-refractivity contribution in [3.8, 4) is 11.5 Å². The molecule has 0 amide bonds. The van der Waals surface area contributed by atoms with Gasteiger partial charge in [-0.1, -0.05) is 54.6 Å². The van der Waals surface area contributed by atoms with Gasteiger partial charge in [0.1, 0.15) is 0 Å². The Balaban J connectivity index is 1.40. The molecule has 0 aliphatic carbocycles. The molecule has 0 unspecified atom stereocenters. The summed E-state index contributed by atoms with van der Waals surface area (Å²) >= 11 is 0. The molecule has 2 N–H and O–H groups in total. The summed E-state index contributed by atoms with van der Waals surface area (Å²) in [5, 5.41) is 6.93. The Morgan fingerprint density at radius 2 is 0.882 bits per heavy atom. The molecule has 1 aliphatic rings. The molecule has 0 saturated heterocycles. The molecule has 4 nitrogen and oxygen atoms in total. The Bertz CT molecular complexity index is 1330. The van der Waals surface area contributed by atoms with Crippen molar-refractivity contribution >= 4 is 39.8 Å². The third-order valence-corrected chi connectivity index (χ3v) is 5.76. The summed E-state index contributed by atoms with van der Waals surface area (Å²) < 4.78 is 6.46. The molecule has 1 aliphatic heterocycles. The van der Waals surface area contributed by atoms with E-state index < -0.39 is 0 Å². The largest absolute Gasteiger partial charge is 0.453 e. The van der Waals surface area contributed by atoms with Crippen LogP contribution in [0.1, 0.15) is 0 Å². The van der Waals surface area contributed by atoms with Crippen LogP contribution < -0.4 is 20.3 Å². The minimum atomic E-state index is 0.800. The van der Waals surface area contributed by atoms with Crippen LogP contribution in [0.25, 0.3) is 0 Å². The number of nitrogens with one attached hydrogen (secondary N) is 2. The van der Waals surface area contributed by atoms with Crippen molar-refractivity contribution in [3.05, 3.63) is 127 Å². The number of fused-ring (bicyclic) bond motifs is 2. The molecule has 6 rings (SSSR count). The molecule has 0 aromatic heterocycles. The van der Waals surface area contributed by atoms with Crippen LogP contribution in [0.3, 0.4) is 0 Å². The molecular formula is C30H23N3O. The predicted octanol–water partition coefficient (Wildman–Crippen LogP) is 8.75. The fourth-order valence-corrected chi connectivity index (χ4v) is 4.20. The van der Waals surface area contributed by atoms with E-state index in [0.29, 0.717) is 0 Å². The minimum Gasteiger partial charge on any atom is -0.453 e. The number of anilines is 7. The van der Waals surface area contributed by atoms with E-state index in [0.717, 1.165) is 51.3 Å². The number of hydrogen-bond donors (Lipinski definition) is 2. The van der Waals surface area contributed by atoms with Gasteiger partial charge < -0.3 is 20.3 Å². The molecule has 4 heteroatoms. The summed E-state index contributed by atoms with van der Waals surface area (Å²) in [7, 11) is 0. The Kier molecular flexibility index (Phi) is 5.09. The molecule has 1 heterocycles. The maximum absolute atomic E-state index is 6.46. The molecule has 0 radical (unpaired) electrons. The standard InChI is InChI=1S/C30H23N3O/c1-4-10-22(11-5-1)31-24-16-18-27-29(20-24)34-30-21-25(32-23-12-6-2-7-13-23)17-19-28(30)33(27)26-14-8-3-9-15-26/h1-21,31-32H. The quantitative estimate of drug-likeness (QED) is 0.280. The first kappa shape index (κ1) is 19.9. The summed E-state index contributed by atoms with van der Waals surface area (Å²) in [6.07, 6.45) is 0. The van der Waals surface area contributed by atoms with Crippen LogP contribution in [0.4, 0.5) is 39.8 Å². The smallest absolute Gasteiger partial charge is 0.153 e. The molecule has 0 saturated carbocycles. The molecule has 5 aromatic rings. The molecular weight excluding hydrogens is 418 g/mol. The number of rotatable bonds is 5. The lowest BCUT2D eigenvalue weighted by Crippen LogP contribution is -2.16. The Labute approximate surface area is 199 Å². The van der Waals surface area contributed by atoms with Gasteiger partial charge in [-0.3, -0.25) is 0 Å². The topological polar surface area (TPSA) is 36.5 Å². The minimum absolute atomic E-state index is 0.800. The molecule has 34 heavy (non-hydrogen) atoms. The lowest BCUT2D eigenvalue weighted by molar-refractivity contribution is 0.477. The maximum atomic E-state index is 6.46. The molecule has 0 fully saturated rings. The lowest BCUT2D eigenvalue weighted by atomic mass is 10.1. The SMILES string of the molecule is c1ccc(Nc2ccc3c(c2)Oc2cc(Nc4ccccc4)ccc2N3c2ccccc2)cc1. The van der Waals surface area contributed by atoms with Gasteiger partial charge in [-0.15, -0.1) is 0 Å². The number of para-hydroxylation sites is 3. The zero-order valence-corrected chi connectivity index (χ0v) is 18.5. The van der Waals surface area contributed by atoms with Crippen LogP contribution in [0.2, 0.25) is 0 Å². The summed E-state index contributed by atoms with van der Waals surface area (Å²) in [6.45, 7) is 0. The van der Waals surface area contributed by atoms with Crippen LogP contribution in [0.15, 0.2) is 127 Å². The van der Waals surface area contributed by atoms with Crippen LogP contribution in [-0.4, -0.2) is 0 Å². The average Bonchev–Trinajstić information content (AvgIpc) is 2.89. The first-order chi connectivity index (χ1) is 16.8. The van der Waals surface area contributed by atoms with Gasteiger partial charge in [-0.05, 0) is 60.7 Å². The fourth-order valence-electron chi connectivity index (χ4n) is 4.20. The van der Waals surface area contributed by atoms with Crippen LogP contribution >= 0.6 is 0 Å². The number of nitrogens with zero attached hydrogens (tertiary/aromatic N) is 1. The first-order valence-corrected chi connectivity index (χ1v) is 11.3. The highest BCUT2D eigenvalue weighted by molar-refractivity contribution is 5.88. The van der Waals surface area contributed by atoms with E-state index in [4.69, 9.17) is 4.74 Å². The van der Waals surface area contributed by atoms with E-state index >= 15 is 0 Å². The van der Waals surface area contributed by atoms with Crippen LogP contribution in [0.5, 0.6) is 11.5 Å². The summed E-state index contributed by atoms with van der Waals surface area (Å²) in [4.78, 5) is 2.24. The third kappa shape index (κ3) is 3.93. The number of ether oxygens (including phenoxy) is 1. The Hall–Kier alpha value is -4.70. The van der Waals surface area contributed by atoms with Crippen molar-refractivity contribution in [2.75, 3.05) is 15.5 Å². The van der Waals surface area contributed by atoms with Crippen molar-refractivity contribution in [2.24, 2.45) is 0 Å². The van der Waals surface area contributed by atoms with Crippen LogP contribution in [0, 0.1) is 0 Å². The summed E-state index contributed by atoms with van der Waals surface area (Å²) in [5.74, 6) is 1.60. The third-order valence-electron chi connectivity index (χ3n) is 5.76. The van der Waals surface area contributed by atoms with E-state index in [1.54, 1.807) is 0 Å². The second-order valence-corrected chi connectivity index (χ2v) is 8.12. The highest BCUT2D eigenvalue weighted by Gasteiger charge is 2.26. The van der Waals surface area contributed by atoms with E-state index in [9.17, 15) is 0 Å². The number of hydrogen-bond acceptors (Lipinski definition) is 4. The van der Waals surface area contributed by atoms with Crippen molar-refractivity contribution in [2.45, 2.75) is 0 Å². The molecule has 5 aromatic carbocycles. The van der Waals surface area contributed by atoms with Gasteiger partial charge in [0.2, 0.25) is 0 Å². The van der Waals surface area contributed by atoms with Crippen molar-refractivity contribution in [1.29, 1.82) is 0 Å². The molecule has 164 valence electrons. The molecule has 0 atom stereocenters. The van der Waals surface area contributed by atoms with Crippen molar-refractivity contribution in [3.63, 3.8) is 0 Å². The molecule has 0 spiro atoms. The van der Waals surface area contributed by atoms with Gasteiger partial charge in [0.05, 0.1) is 11.4 Å². The normalized spacial score (nSPS) is 11.7. The summed E-state index contributed by atoms with van der Waals surface area (Å²) in [5.41, 5.74) is 7.10. The van der Waals surface area contributed by atoms with E-state index in [1.165, 1.54) is 0 Å². The fraction of sp³-hybridized carbons (Fsp3) is 0. The monoisotopic (exact) mass is 441 g/mol. The van der Waals surface area contributed by atoms with Crippen molar-refractivity contribution in [1.82, 2.24) is 0 Å². The van der Waals surface area contributed by atoms with E-state index in [1.807, 2.05) is 66.7 Å². The van der Waals surface area contributed by atoms with Gasteiger partial charge in [0.25, 0.3) is 0 Å². The Morgan fingerprint density at radius 1 is 0.441 bits per heavy atom. The average molecular weight is 442 g/mol. The summed E-state index contributed by atoms with van der Waals surface area (Å²) in [6, 6.07) is 43.2. The first-order valence-electron chi connectivity index (χ1n) is 11.3. The molecule has 0 bridgehead atoms. The van der Waals surface area contributed by atoms with Gasteiger partial charge in [0.15, 0.2) is 11.5 Å². The van der Waals surface area contributed by atoms with Gasteiger partial charge in [-0.2, -0.15) is 0 Å². The van der Waals surface area contributed by atoms with E-state index in [-0.39, 0.29) is 0 Å². The lowest BCUT2D eigenvalue weighted by Gasteiger charge is -2.33. The number of benzene rings is 5. The van der Waals surface area contributed by atoms with E-state index in [2.05, 4.69) is 76.2 Å². The van der Waals surface area contributed by atoms with Gasteiger partial charge in [0, 0.05) is 40.6 Å². The predicted molar refractivity (Wildman–Crippen MR) is 141 cm³/mol. The second kappa shape index (κ2) is 8.68. The van der Waals surface area contributed by atoms with Gasteiger partial charge >= 0.3 is 0 Å². The highest BCUT2D eigenvalue weighted by atomic mass is 16.5. The zero-order chi connectivity index (χ0) is 22.7. The van der Waals surface area contributed by atoms with Gasteiger partial charge in [-0.25, -0.2) is 0 Å². The highest BCUT2D eigenvalue weighted by Crippen LogP contribution is 2.51. The second-order valence-electron chi connectivity index (χ2n) is 8.12.